The maximum Gasteiger partial charge on any atom is 0.185 e. The Morgan fingerprint density at radius 1 is 1.28 bits per heavy atom. The number of hydrogen-bond donors (Lipinski definition) is 0. The summed E-state index contributed by atoms with van der Waals surface area (Å²) in [4.78, 5) is 25.6. The number of Topliss-reactive ketones (excluding diaryl/α,β-unsaturated/α-hetero) is 2. The van der Waals surface area contributed by atoms with Crippen molar-refractivity contribution in [2.45, 2.75) is 39.2 Å². The van der Waals surface area contributed by atoms with Crippen molar-refractivity contribution >= 4 is 11.6 Å². The first-order valence-corrected chi connectivity index (χ1v) is 6.78. The summed E-state index contributed by atoms with van der Waals surface area (Å²) in [5.41, 5.74) is -0.647. The molecular formula is C15H18O3. The van der Waals surface area contributed by atoms with Gasteiger partial charge in [-0.1, -0.05) is 25.5 Å². The average molecular weight is 246 g/mol. The van der Waals surface area contributed by atoms with Gasteiger partial charge in [0.05, 0.1) is 6.61 Å². The van der Waals surface area contributed by atoms with Crippen molar-refractivity contribution in [3.05, 3.63) is 11.6 Å². The minimum Gasteiger partial charge on any atom is -0.361 e. The highest BCUT2D eigenvalue weighted by Crippen LogP contribution is 2.66. The third-order valence-electron chi connectivity index (χ3n) is 5.69. The van der Waals surface area contributed by atoms with Crippen LogP contribution >= 0.6 is 0 Å². The summed E-state index contributed by atoms with van der Waals surface area (Å²) in [5, 5.41) is 0. The molecule has 18 heavy (non-hydrogen) atoms. The molecule has 0 radical (unpaired) electrons. The van der Waals surface area contributed by atoms with Crippen molar-refractivity contribution in [1.29, 1.82) is 0 Å². The van der Waals surface area contributed by atoms with Crippen molar-refractivity contribution in [2.75, 3.05) is 6.61 Å². The molecule has 2 spiro atoms. The van der Waals surface area contributed by atoms with Crippen LogP contribution < -0.4 is 0 Å². The lowest BCUT2D eigenvalue weighted by Gasteiger charge is -2.47. The fourth-order valence-electron chi connectivity index (χ4n) is 4.83. The molecule has 96 valence electrons. The molecule has 2 saturated carbocycles. The van der Waals surface area contributed by atoms with Gasteiger partial charge < -0.3 is 4.74 Å². The molecule has 3 fully saturated rings. The molecule has 5 aliphatic rings. The monoisotopic (exact) mass is 246 g/mol. The van der Waals surface area contributed by atoms with E-state index in [2.05, 4.69) is 6.92 Å². The molecule has 0 amide bonds. The molecule has 4 aliphatic carbocycles. The van der Waals surface area contributed by atoms with Crippen LogP contribution in [0.5, 0.6) is 0 Å². The van der Waals surface area contributed by atoms with Crippen LogP contribution in [0, 0.1) is 22.7 Å². The number of hydrogen-bond acceptors (Lipinski definition) is 3. The highest BCUT2D eigenvalue weighted by atomic mass is 16.6. The van der Waals surface area contributed by atoms with Crippen LogP contribution in [0.1, 0.15) is 33.6 Å². The number of carbonyl (C=O) groups is 2. The predicted octanol–water partition coefficient (Wildman–Crippen LogP) is 1.91. The fraction of sp³-hybridized carbons (Fsp3) is 0.733. The first kappa shape index (κ1) is 10.9. The third-order valence-corrected chi connectivity index (χ3v) is 5.69. The first-order chi connectivity index (χ1) is 8.34. The number of carbonyl (C=O) groups excluding carboxylic acids is 2. The third kappa shape index (κ3) is 0.880. The largest absolute Gasteiger partial charge is 0.361 e. The van der Waals surface area contributed by atoms with E-state index < -0.39 is 11.0 Å². The van der Waals surface area contributed by atoms with E-state index in [4.69, 9.17) is 4.74 Å². The Kier molecular flexibility index (Phi) is 1.60. The predicted molar refractivity (Wildman–Crippen MR) is 64.9 cm³/mol. The molecule has 1 heterocycles. The maximum atomic E-state index is 12.8. The Balaban J connectivity index is 1.97. The molecule has 1 saturated heterocycles. The van der Waals surface area contributed by atoms with Crippen LogP contribution in [-0.4, -0.2) is 23.8 Å². The Morgan fingerprint density at radius 3 is 2.56 bits per heavy atom. The first-order valence-electron chi connectivity index (χ1n) is 6.78. The zero-order chi connectivity index (χ0) is 12.9. The standard InChI is InChI=1S/C15H18O3/c1-8-5-14-9(6-13(2,3)11(14)16)4-10(8)15(7-18-15)12(14)17/h5,9-10H,4,6-7H2,1-3H3/t9-,10+,14+,15+/m1/s1. The van der Waals surface area contributed by atoms with E-state index in [-0.39, 0.29) is 28.8 Å². The quantitative estimate of drug-likeness (QED) is 0.372. The summed E-state index contributed by atoms with van der Waals surface area (Å²) in [7, 11) is 0. The SMILES string of the molecule is CC1=C[C@@]23C(=O)C(C)(C)C[C@H]2C[C@@H]1[C@@]1(CO1)C3=O. The van der Waals surface area contributed by atoms with Gasteiger partial charge in [0, 0.05) is 11.3 Å². The number of allylic oxidation sites excluding steroid dienone is 1. The minimum absolute atomic E-state index is 0.0671. The number of epoxide rings is 1. The van der Waals surface area contributed by atoms with Gasteiger partial charge in [-0.3, -0.25) is 9.59 Å². The molecule has 0 aromatic carbocycles. The number of ketones is 2. The van der Waals surface area contributed by atoms with Gasteiger partial charge in [0.2, 0.25) is 0 Å². The van der Waals surface area contributed by atoms with E-state index in [1.807, 2.05) is 19.9 Å². The molecule has 1 aliphatic heterocycles. The highest BCUT2D eigenvalue weighted by Gasteiger charge is 2.76. The van der Waals surface area contributed by atoms with E-state index in [1.54, 1.807) is 0 Å². The summed E-state index contributed by atoms with van der Waals surface area (Å²) >= 11 is 0. The summed E-state index contributed by atoms with van der Waals surface area (Å²) < 4.78 is 5.53. The lowest BCUT2D eigenvalue weighted by atomic mass is 9.52. The fourth-order valence-corrected chi connectivity index (χ4v) is 4.83. The van der Waals surface area contributed by atoms with Crippen molar-refractivity contribution in [3.8, 4) is 0 Å². The molecule has 2 bridgehead atoms. The van der Waals surface area contributed by atoms with Crippen LogP contribution in [-0.2, 0) is 14.3 Å². The van der Waals surface area contributed by atoms with Crippen molar-refractivity contribution in [3.63, 3.8) is 0 Å². The molecular weight excluding hydrogens is 228 g/mol. The minimum atomic E-state index is -0.848. The van der Waals surface area contributed by atoms with Gasteiger partial charge in [-0.25, -0.2) is 0 Å². The second-order valence-corrected chi connectivity index (χ2v) is 7.17. The second-order valence-electron chi connectivity index (χ2n) is 7.17. The van der Waals surface area contributed by atoms with E-state index in [0.717, 1.165) is 12.8 Å². The van der Waals surface area contributed by atoms with Crippen LogP contribution in [0.4, 0.5) is 0 Å². The topological polar surface area (TPSA) is 46.7 Å². The summed E-state index contributed by atoms with van der Waals surface area (Å²) in [6.07, 6.45) is 3.77. The molecule has 3 heteroatoms. The van der Waals surface area contributed by atoms with Crippen molar-refractivity contribution in [2.24, 2.45) is 22.7 Å². The zero-order valence-electron chi connectivity index (χ0n) is 11.1. The smallest absolute Gasteiger partial charge is 0.185 e. The van der Waals surface area contributed by atoms with E-state index in [1.165, 1.54) is 5.57 Å². The van der Waals surface area contributed by atoms with Crippen molar-refractivity contribution < 1.29 is 14.3 Å². The molecule has 0 aromatic rings. The number of rotatable bonds is 0. The van der Waals surface area contributed by atoms with Gasteiger partial charge in [0.15, 0.2) is 17.2 Å². The average Bonchev–Trinajstić information content (AvgIpc) is 3.04. The summed E-state index contributed by atoms with van der Waals surface area (Å²) in [5.74, 6) is 0.615. The van der Waals surface area contributed by atoms with Gasteiger partial charge in [0.25, 0.3) is 0 Å². The Labute approximate surface area is 107 Å². The molecule has 5 rings (SSSR count). The van der Waals surface area contributed by atoms with Gasteiger partial charge in [-0.05, 0) is 25.7 Å². The lowest BCUT2D eigenvalue weighted by Crippen LogP contribution is -2.59. The summed E-state index contributed by atoms with van der Waals surface area (Å²) in [6.45, 7) is 6.53. The lowest BCUT2D eigenvalue weighted by molar-refractivity contribution is -0.149. The van der Waals surface area contributed by atoms with Crippen LogP contribution in [0.15, 0.2) is 11.6 Å². The Bertz CT molecular complexity index is 524. The van der Waals surface area contributed by atoms with Crippen LogP contribution in [0.2, 0.25) is 0 Å². The normalized spacial score (nSPS) is 51.6. The maximum absolute atomic E-state index is 12.8. The molecule has 0 aromatic heterocycles. The van der Waals surface area contributed by atoms with Gasteiger partial charge >= 0.3 is 0 Å². The van der Waals surface area contributed by atoms with Gasteiger partial charge in [0.1, 0.15) is 5.41 Å². The van der Waals surface area contributed by atoms with Crippen molar-refractivity contribution in [1.82, 2.24) is 0 Å². The second kappa shape index (κ2) is 2.64. The zero-order valence-corrected chi connectivity index (χ0v) is 11.1. The Morgan fingerprint density at radius 2 is 1.94 bits per heavy atom. The summed E-state index contributed by atoms with van der Waals surface area (Å²) in [6, 6.07) is 0. The Hall–Kier alpha value is -0.960. The highest BCUT2D eigenvalue weighted by molar-refractivity contribution is 6.18. The van der Waals surface area contributed by atoms with Gasteiger partial charge in [-0.2, -0.15) is 0 Å². The number of ether oxygens (including phenoxy) is 1. The molecule has 3 nitrogen and oxygen atoms in total. The molecule has 0 N–H and O–H groups in total. The van der Waals surface area contributed by atoms with E-state index >= 15 is 0 Å². The van der Waals surface area contributed by atoms with E-state index in [0.29, 0.717) is 6.61 Å². The van der Waals surface area contributed by atoms with E-state index in [9.17, 15) is 9.59 Å². The van der Waals surface area contributed by atoms with Crippen LogP contribution in [0.25, 0.3) is 0 Å². The molecule has 4 atom stereocenters. The molecule has 0 unspecified atom stereocenters. The van der Waals surface area contributed by atoms with Crippen LogP contribution in [0.3, 0.4) is 0 Å². The van der Waals surface area contributed by atoms with Gasteiger partial charge in [-0.15, -0.1) is 0 Å².